The van der Waals surface area contributed by atoms with E-state index in [1.807, 2.05) is 48.5 Å². The lowest BCUT2D eigenvalue weighted by atomic mass is 10.1. The predicted octanol–water partition coefficient (Wildman–Crippen LogP) is 4.86. The quantitative estimate of drug-likeness (QED) is 0.452. The molecule has 2 saturated heterocycles. The summed E-state index contributed by atoms with van der Waals surface area (Å²) in [7, 11) is 0. The smallest absolute Gasteiger partial charge is 0.255 e. The summed E-state index contributed by atoms with van der Waals surface area (Å²) in [6, 6.07) is 17.6. The highest BCUT2D eigenvalue weighted by Crippen LogP contribution is 2.34. The highest BCUT2D eigenvalue weighted by Gasteiger charge is 2.33. The van der Waals surface area contributed by atoms with E-state index < -0.39 is 0 Å². The Labute approximate surface area is 202 Å². The Hall–Kier alpha value is -2.58. The van der Waals surface area contributed by atoms with Crippen molar-refractivity contribution in [2.75, 3.05) is 42.2 Å². The maximum atomic E-state index is 12.9. The largest absolute Gasteiger partial charge is 0.397 e. The van der Waals surface area contributed by atoms with Crippen LogP contribution in [-0.2, 0) is 4.74 Å². The van der Waals surface area contributed by atoms with Gasteiger partial charge in [-0.1, -0.05) is 17.7 Å². The Kier molecular flexibility index (Phi) is 6.55. The number of morpholine rings is 1. The molecule has 5 rings (SSSR count). The SMILES string of the molecule is Nc1ccc(-c2ccc(Cl)s2)cc1NC(=O)c1ccc(N2CCCC2C2CNCCO2)cc1. The minimum absolute atomic E-state index is 0.188. The number of hydrogen-bond donors (Lipinski definition) is 3. The molecule has 2 atom stereocenters. The first-order valence-corrected chi connectivity index (χ1v) is 12.4. The van der Waals surface area contributed by atoms with Crippen molar-refractivity contribution in [3.05, 3.63) is 64.5 Å². The molecule has 0 spiro atoms. The van der Waals surface area contributed by atoms with Gasteiger partial charge < -0.3 is 26.0 Å². The number of ether oxygens (including phenoxy) is 1. The minimum Gasteiger partial charge on any atom is -0.397 e. The molecule has 0 bridgehead atoms. The van der Waals surface area contributed by atoms with Crippen LogP contribution in [0.15, 0.2) is 54.6 Å². The van der Waals surface area contributed by atoms with E-state index in [-0.39, 0.29) is 12.0 Å². The van der Waals surface area contributed by atoms with Crippen molar-refractivity contribution in [3.8, 4) is 10.4 Å². The molecule has 2 unspecified atom stereocenters. The number of nitrogens with one attached hydrogen (secondary N) is 2. The Morgan fingerprint density at radius 1 is 1.18 bits per heavy atom. The third kappa shape index (κ3) is 4.87. The molecule has 4 N–H and O–H groups in total. The Morgan fingerprint density at radius 3 is 2.76 bits per heavy atom. The number of hydrogen-bond acceptors (Lipinski definition) is 6. The van der Waals surface area contributed by atoms with Crippen molar-refractivity contribution in [1.82, 2.24) is 5.32 Å². The van der Waals surface area contributed by atoms with E-state index in [0.29, 0.717) is 23.0 Å². The van der Waals surface area contributed by atoms with E-state index in [1.165, 1.54) is 11.3 Å². The van der Waals surface area contributed by atoms with Gasteiger partial charge in [-0.3, -0.25) is 4.79 Å². The van der Waals surface area contributed by atoms with Crippen LogP contribution in [0.4, 0.5) is 17.1 Å². The Morgan fingerprint density at radius 2 is 2.03 bits per heavy atom. The third-order valence-electron chi connectivity index (χ3n) is 6.31. The van der Waals surface area contributed by atoms with E-state index in [2.05, 4.69) is 15.5 Å². The molecule has 6 nitrogen and oxygen atoms in total. The lowest BCUT2D eigenvalue weighted by Gasteiger charge is -2.35. The van der Waals surface area contributed by atoms with Crippen LogP contribution in [0.25, 0.3) is 10.4 Å². The summed E-state index contributed by atoms with van der Waals surface area (Å²) >= 11 is 7.56. The van der Waals surface area contributed by atoms with Gasteiger partial charge in [0, 0.05) is 35.8 Å². The zero-order chi connectivity index (χ0) is 22.8. The number of benzene rings is 2. The van der Waals surface area contributed by atoms with Gasteiger partial charge in [-0.2, -0.15) is 0 Å². The monoisotopic (exact) mass is 482 g/mol. The maximum absolute atomic E-state index is 12.9. The second-order valence-electron chi connectivity index (χ2n) is 8.42. The fourth-order valence-corrected chi connectivity index (χ4v) is 5.66. The summed E-state index contributed by atoms with van der Waals surface area (Å²) in [4.78, 5) is 16.4. The molecule has 0 radical (unpaired) electrons. The normalized spacial score (nSPS) is 20.7. The molecule has 0 aliphatic carbocycles. The first-order valence-electron chi connectivity index (χ1n) is 11.2. The van der Waals surface area contributed by atoms with Gasteiger partial charge in [0.2, 0.25) is 0 Å². The van der Waals surface area contributed by atoms with E-state index in [0.717, 1.165) is 59.5 Å². The molecule has 2 fully saturated rings. The van der Waals surface area contributed by atoms with Gasteiger partial charge >= 0.3 is 0 Å². The van der Waals surface area contributed by atoms with Crippen molar-refractivity contribution in [1.29, 1.82) is 0 Å². The topological polar surface area (TPSA) is 79.6 Å². The molecule has 2 aliphatic rings. The number of carbonyl (C=O) groups is 1. The zero-order valence-corrected chi connectivity index (χ0v) is 19.8. The summed E-state index contributed by atoms with van der Waals surface area (Å²) in [6.45, 7) is 3.57. The van der Waals surface area contributed by atoms with Gasteiger partial charge in [-0.25, -0.2) is 0 Å². The summed E-state index contributed by atoms with van der Waals surface area (Å²) in [6.07, 6.45) is 2.48. The second-order valence-corrected chi connectivity index (χ2v) is 10.1. The molecule has 1 aromatic heterocycles. The summed E-state index contributed by atoms with van der Waals surface area (Å²) in [5, 5.41) is 6.39. The summed E-state index contributed by atoms with van der Waals surface area (Å²) in [5.41, 5.74) is 9.92. The van der Waals surface area contributed by atoms with Gasteiger partial charge in [0.05, 0.1) is 34.5 Å². The van der Waals surface area contributed by atoms with Gasteiger partial charge in [-0.15, -0.1) is 11.3 Å². The van der Waals surface area contributed by atoms with E-state index in [1.54, 1.807) is 6.07 Å². The number of anilines is 3. The summed E-state index contributed by atoms with van der Waals surface area (Å²) in [5.74, 6) is -0.188. The standard InChI is InChI=1S/C25H27ClN4O2S/c26-24-10-9-23(33-24)17-5-8-19(27)20(14-17)29-25(31)16-3-6-18(7-4-16)30-12-1-2-21(30)22-15-28-11-13-32-22/h3-10,14,21-22,28H,1-2,11-13,15,27H2,(H,29,31). The lowest BCUT2D eigenvalue weighted by Crippen LogP contribution is -2.50. The molecule has 1 amide bonds. The fourth-order valence-electron chi connectivity index (χ4n) is 4.62. The van der Waals surface area contributed by atoms with Crippen LogP contribution < -0.4 is 21.3 Å². The van der Waals surface area contributed by atoms with Crippen LogP contribution in [0.5, 0.6) is 0 Å². The van der Waals surface area contributed by atoms with Crippen LogP contribution in [0, 0.1) is 0 Å². The number of thiophene rings is 1. The van der Waals surface area contributed by atoms with Crippen LogP contribution >= 0.6 is 22.9 Å². The number of nitrogens with two attached hydrogens (primary N) is 1. The van der Waals surface area contributed by atoms with Crippen molar-refractivity contribution < 1.29 is 9.53 Å². The molecule has 33 heavy (non-hydrogen) atoms. The molecule has 3 heterocycles. The molecule has 2 aromatic carbocycles. The average molecular weight is 483 g/mol. The van der Waals surface area contributed by atoms with E-state index >= 15 is 0 Å². The summed E-state index contributed by atoms with van der Waals surface area (Å²) < 4.78 is 6.73. The molecule has 3 aromatic rings. The minimum atomic E-state index is -0.188. The first kappa shape index (κ1) is 22.2. The molecule has 0 saturated carbocycles. The molecular formula is C25H27ClN4O2S. The van der Waals surface area contributed by atoms with Crippen molar-refractivity contribution in [2.24, 2.45) is 0 Å². The lowest BCUT2D eigenvalue weighted by molar-refractivity contribution is 0.0136. The van der Waals surface area contributed by atoms with Crippen LogP contribution in [0.3, 0.4) is 0 Å². The zero-order valence-electron chi connectivity index (χ0n) is 18.2. The highest BCUT2D eigenvalue weighted by atomic mass is 35.5. The van der Waals surface area contributed by atoms with E-state index in [9.17, 15) is 4.79 Å². The van der Waals surface area contributed by atoms with Gasteiger partial charge in [0.25, 0.3) is 5.91 Å². The van der Waals surface area contributed by atoms with Crippen molar-refractivity contribution in [3.63, 3.8) is 0 Å². The van der Waals surface area contributed by atoms with Gasteiger partial charge in [0.1, 0.15) is 0 Å². The molecule has 172 valence electrons. The van der Waals surface area contributed by atoms with Crippen molar-refractivity contribution in [2.45, 2.75) is 25.0 Å². The van der Waals surface area contributed by atoms with Crippen molar-refractivity contribution >= 4 is 45.9 Å². The average Bonchev–Trinajstić information content (AvgIpc) is 3.50. The maximum Gasteiger partial charge on any atom is 0.255 e. The number of nitrogen functional groups attached to an aromatic ring is 1. The fraction of sp³-hybridized carbons (Fsp3) is 0.320. The third-order valence-corrected chi connectivity index (χ3v) is 7.59. The number of halogens is 1. The number of rotatable bonds is 5. The van der Waals surface area contributed by atoms with Crippen LogP contribution in [0.2, 0.25) is 4.34 Å². The highest BCUT2D eigenvalue weighted by molar-refractivity contribution is 7.19. The van der Waals surface area contributed by atoms with Gasteiger partial charge in [0.15, 0.2) is 0 Å². The van der Waals surface area contributed by atoms with Gasteiger partial charge in [-0.05, 0) is 66.9 Å². The molecule has 8 heteroatoms. The molecule has 2 aliphatic heterocycles. The Balaban J connectivity index is 1.29. The number of carbonyl (C=O) groups excluding carboxylic acids is 1. The predicted molar refractivity (Wildman–Crippen MR) is 137 cm³/mol. The number of amides is 1. The van der Waals surface area contributed by atoms with Crippen LogP contribution in [-0.4, -0.2) is 44.3 Å². The van der Waals surface area contributed by atoms with Crippen LogP contribution in [0.1, 0.15) is 23.2 Å². The molecular weight excluding hydrogens is 456 g/mol. The first-order chi connectivity index (χ1) is 16.1. The Bertz CT molecular complexity index is 1130. The number of nitrogens with zero attached hydrogens (tertiary/aromatic N) is 1. The van der Waals surface area contributed by atoms with E-state index in [4.69, 9.17) is 22.1 Å². The second kappa shape index (κ2) is 9.73.